The molecule has 0 radical (unpaired) electrons. The Labute approximate surface area is 178 Å². The summed E-state index contributed by atoms with van der Waals surface area (Å²) in [7, 11) is 0. The highest BCUT2D eigenvalue weighted by molar-refractivity contribution is 5.74. The Morgan fingerprint density at radius 1 is 0.833 bits per heavy atom. The van der Waals surface area contributed by atoms with Gasteiger partial charge in [0.1, 0.15) is 18.1 Å². The lowest BCUT2D eigenvalue weighted by atomic mass is 10.0. The highest BCUT2D eigenvalue weighted by Gasteiger charge is 2.17. The largest absolute Gasteiger partial charge is 0.480 e. The number of rotatable bonds is 9. The molecule has 0 heterocycles. The zero-order valence-electron chi connectivity index (χ0n) is 18.2. The van der Waals surface area contributed by atoms with Crippen molar-refractivity contribution in [2.45, 2.75) is 65.1 Å². The van der Waals surface area contributed by atoms with Crippen LogP contribution in [0, 0.1) is 11.8 Å². The first-order chi connectivity index (χ1) is 13.8. The summed E-state index contributed by atoms with van der Waals surface area (Å²) in [5, 5.41) is 25.2. The van der Waals surface area contributed by atoms with E-state index in [1.165, 1.54) is 0 Å². The lowest BCUT2D eigenvalue weighted by Crippen LogP contribution is -2.36. The fourth-order valence-corrected chi connectivity index (χ4v) is 2.06. The van der Waals surface area contributed by atoms with E-state index in [9.17, 15) is 14.4 Å². The number of carboxylic acids is 3. The van der Waals surface area contributed by atoms with Gasteiger partial charge in [0.25, 0.3) is 0 Å². The molecule has 1 aromatic carbocycles. The Kier molecular flexibility index (Phi) is 16.2. The van der Waals surface area contributed by atoms with Crippen molar-refractivity contribution in [2.75, 3.05) is 0 Å². The Hall–Kier alpha value is -2.49. The molecule has 30 heavy (non-hydrogen) atoms. The summed E-state index contributed by atoms with van der Waals surface area (Å²) < 4.78 is 0. The van der Waals surface area contributed by atoms with E-state index in [-0.39, 0.29) is 5.92 Å². The predicted molar refractivity (Wildman–Crippen MR) is 116 cm³/mol. The third-order valence-electron chi connectivity index (χ3n) is 4.20. The van der Waals surface area contributed by atoms with Crippen molar-refractivity contribution < 1.29 is 29.7 Å². The van der Waals surface area contributed by atoms with Crippen molar-refractivity contribution in [3.8, 4) is 0 Å². The molecule has 9 N–H and O–H groups in total. The van der Waals surface area contributed by atoms with Gasteiger partial charge in [0.05, 0.1) is 0 Å². The summed E-state index contributed by atoms with van der Waals surface area (Å²) in [4.78, 5) is 30.7. The molecule has 9 nitrogen and oxygen atoms in total. The van der Waals surface area contributed by atoms with Crippen molar-refractivity contribution in [1.29, 1.82) is 0 Å². The van der Waals surface area contributed by atoms with Crippen LogP contribution in [0.25, 0.3) is 0 Å². The van der Waals surface area contributed by atoms with Gasteiger partial charge in [-0.1, -0.05) is 64.4 Å². The van der Waals surface area contributed by atoms with E-state index in [1.807, 2.05) is 58.0 Å². The molecule has 4 unspecified atom stereocenters. The molecule has 0 bridgehead atoms. The Balaban J connectivity index is 0. The lowest BCUT2D eigenvalue weighted by molar-refractivity contribution is -0.140. The average Bonchev–Trinajstić information content (AvgIpc) is 2.67. The third kappa shape index (κ3) is 15.4. The molecule has 0 aliphatic carbocycles. The van der Waals surface area contributed by atoms with Crippen LogP contribution in [0.1, 0.15) is 46.1 Å². The van der Waals surface area contributed by atoms with E-state index in [0.717, 1.165) is 12.0 Å². The highest BCUT2D eigenvalue weighted by Crippen LogP contribution is 2.04. The van der Waals surface area contributed by atoms with Crippen LogP contribution in [-0.2, 0) is 20.8 Å². The summed E-state index contributed by atoms with van der Waals surface area (Å²) in [5.74, 6) is -2.36. The van der Waals surface area contributed by atoms with E-state index in [0.29, 0.717) is 18.8 Å². The minimum atomic E-state index is -0.959. The number of aliphatic carboxylic acids is 3. The first-order valence-electron chi connectivity index (χ1n) is 9.82. The average molecular weight is 428 g/mol. The summed E-state index contributed by atoms with van der Waals surface area (Å²) in [6, 6.07) is 7.15. The topological polar surface area (TPSA) is 190 Å². The van der Waals surface area contributed by atoms with Gasteiger partial charge in [-0.2, -0.15) is 0 Å². The van der Waals surface area contributed by atoms with Crippen LogP contribution in [-0.4, -0.2) is 51.4 Å². The van der Waals surface area contributed by atoms with Crippen molar-refractivity contribution >= 4 is 17.9 Å². The molecule has 0 amide bonds. The van der Waals surface area contributed by atoms with Crippen LogP contribution in [0.2, 0.25) is 0 Å². The quantitative estimate of drug-likeness (QED) is 0.339. The monoisotopic (exact) mass is 427 g/mol. The van der Waals surface area contributed by atoms with Crippen molar-refractivity contribution in [3.63, 3.8) is 0 Å². The van der Waals surface area contributed by atoms with E-state index < -0.39 is 36.0 Å². The van der Waals surface area contributed by atoms with Gasteiger partial charge in [-0.25, -0.2) is 0 Å². The van der Waals surface area contributed by atoms with Crippen LogP contribution in [0.15, 0.2) is 30.3 Å². The number of nitrogens with two attached hydrogens (primary N) is 3. The lowest BCUT2D eigenvalue weighted by Gasteiger charge is -2.11. The van der Waals surface area contributed by atoms with Crippen LogP contribution in [0.5, 0.6) is 0 Å². The molecule has 0 aliphatic rings. The molecule has 1 rings (SSSR count). The molecule has 0 saturated heterocycles. The second-order valence-electron chi connectivity index (χ2n) is 7.46. The zero-order chi connectivity index (χ0) is 23.9. The highest BCUT2D eigenvalue weighted by atomic mass is 16.4. The minimum Gasteiger partial charge on any atom is -0.480 e. The zero-order valence-corrected chi connectivity index (χ0v) is 18.2. The molecule has 9 heteroatoms. The molecule has 172 valence electrons. The molecule has 0 fully saturated rings. The molecule has 1 aromatic rings. The number of hydrogen-bond acceptors (Lipinski definition) is 6. The van der Waals surface area contributed by atoms with Crippen molar-refractivity contribution in [2.24, 2.45) is 29.0 Å². The van der Waals surface area contributed by atoms with Crippen LogP contribution >= 0.6 is 0 Å². The standard InChI is InChI=1S/C9H11NO2.2C6H13NO2/c10-8(9(11)12)6-7-4-2-1-3-5-7;1-4(2)3-5(7)6(8)9;1-3-4(2)5(7)6(8)9/h1-5,8H,6,10H2,(H,11,12);2*4-5H,3,7H2,1-2H3,(H,8,9). The smallest absolute Gasteiger partial charge is 0.320 e. The van der Waals surface area contributed by atoms with Gasteiger partial charge in [-0.05, 0) is 30.2 Å². The van der Waals surface area contributed by atoms with Gasteiger partial charge in [-0.3, -0.25) is 14.4 Å². The fraction of sp³-hybridized carbons (Fsp3) is 0.571. The molecule has 0 aliphatic heterocycles. The molecule has 0 spiro atoms. The molecule has 0 saturated carbocycles. The van der Waals surface area contributed by atoms with Gasteiger partial charge in [0.2, 0.25) is 0 Å². The van der Waals surface area contributed by atoms with Crippen molar-refractivity contribution in [3.05, 3.63) is 35.9 Å². The Morgan fingerprint density at radius 3 is 1.57 bits per heavy atom. The maximum absolute atomic E-state index is 10.4. The molecule has 4 atom stereocenters. The van der Waals surface area contributed by atoms with Crippen LogP contribution in [0.4, 0.5) is 0 Å². The van der Waals surface area contributed by atoms with Crippen molar-refractivity contribution in [1.82, 2.24) is 0 Å². The first-order valence-corrected chi connectivity index (χ1v) is 9.82. The Morgan fingerprint density at radius 2 is 1.30 bits per heavy atom. The summed E-state index contributed by atoms with van der Waals surface area (Å²) in [5.41, 5.74) is 16.8. The summed E-state index contributed by atoms with van der Waals surface area (Å²) in [6.07, 6.45) is 1.75. The number of hydrogen-bond donors (Lipinski definition) is 6. The number of carboxylic acid groups (broad SMARTS) is 3. The SMILES string of the molecule is CC(C)CC(N)C(=O)O.CCC(C)C(N)C(=O)O.NC(Cc1ccccc1)C(=O)O. The summed E-state index contributed by atoms with van der Waals surface area (Å²) in [6.45, 7) is 7.65. The number of benzene rings is 1. The predicted octanol–water partition coefficient (Wildman–Crippen LogP) is 1.53. The van der Waals surface area contributed by atoms with E-state index >= 15 is 0 Å². The minimum absolute atomic E-state index is 0.0718. The number of carbonyl (C=O) groups is 3. The van der Waals surface area contributed by atoms with Gasteiger partial charge in [0.15, 0.2) is 0 Å². The first kappa shape index (κ1) is 29.7. The molecular weight excluding hydrogens is 390 g/mol. The second kappa shape index (κ2) is 16.3. The van der Waals surface area contributed by atoms with Gasteiger partial charge < -0.3 is 32.5 Å². The fourth-order valence-electron chi connectivity index (χ4n) is 2.06. The third-order valence-corrected chi connectivity index (χ3v) is 4.20. The van der Waals surface area contributed by atoms with E-state index in [2.05, 4.69) is 0 Å². The normalized spacial score (nSPS) is 14.1. The van der Waals surface area contributed by atoms with Gasteiger partial charge >= 0.3 is 17.9 Å². The van der Waals surface area contributed by atoms with E-state index in [4.69, 9.17) is 32.5 Å². The van der Waals surface area contributed by atoms with Gasteiger partial charge in [-0.15, -0.1) is 0 Å². The van der Waals surface area contributed by atoms with Crippen LogP contribution in [0.3, 0.4) is 0 Å². The maximum atomic E-state index is 10.4. The molecular formula is C21H37N3O6. The maximum Gasteiger partial charge on any atom is 0.320 e. The van der Waals surface area contributed by atoms with Crippen LogP contribution < -0.4 is 17.2 Å². The van der Waals surface area contributed by atoms with Gasteiger partial charge in [0, 0.05) is 0 Å². The summed E-state index contributed by atoms with van der Waals surface area (Å²) >= 11 is 0. The second-order valence-corrected chi connectivity index (χ2v) is 7.46. The van der Waals surface area contributed by atoms with E-state index in [1.54, 1.807) is 0 Å². The molecule has 0 aromatic heterocycles. The Bertz CT molecular complexity index is 624.